The van der Waals surface area contributed by atoms with Crippen LogP contribution < -0.4 is 10.1 Å². The van der Waals surface area contributed by atoms with Crippen LogP contribution in [0.3, 0.4) is 0 Å². The molecule has 2 rings (SSSR count). The van der Waals surface area contributed by atoms with E-state index in [-0.39, 0.29) is 37.9 Å². The van der Waals surface area contributed by atoms with Crippen LogP contribution in [0.5, 0.6) is 5.75 Å². The van der Waals surface area contributed by atoms with Crippen molar-refractivity contribution in [1.82, 2.24) is 5.32 Å². The first-order chi connectivity index (χ1) is 13.6. The quantitative estimate of drug-likeness (QED) is 0.296. The average Bonchev–Trinajstić information content (AvgIpc) is 2.72. The van der Waals surface area contributed by atoms with Crippen LogP contribution in [-0.2, 0) is 14.3 Å². The van der Waals surface area contributed by atoms with Crippen LogP contribution in [-0.4, -0.2) is 37.4 Å². The molecule has 6 heteroatoms. The standard InChI is InChI=1S/C22H23NO5/c1-2-6-21(25)28-16-14-23-20(24)13-15-27-19-11-9-18(10-12-19)22(26)17-7-4-3-5-8-17/h2-12H,13-16H2,1H3,(H,23,24). The Labute approximate surface area is 164 Å². The molecule has 2 aromatic rings. The van der Waals surface area contributed by atoms with Gasteiger partial charge in [0.15, 0.2) is 5.78 Å². The Morgan fingerprint density at radius 3 is 2.29 bits per heavy atom. The second-order valence-electron chi connectivity index (χ2n) is 5.84. The first kappa shape index (κ1) is 20.9. The van der Waals surface area contributed by atoms with Gasteiger partial charge in [-0.2, -0.15) is 0 Å². The number of allylic oxidation sites excluding steroid dienone is 1. The molecule has 0 aliphatic heterocycles. The summed E-state index contributed by atoms with van der Waals surface area (Å²) in [5.74, 6) is -0.105. The molecular formula is C22H23NO5. The summed E-state index contributed by atoms with van der Waals surface area (Å²) in [7, 11) is 0. The predicted molar refractivity (Wildman–Crippen MR) is 105 cm³/mol. The molecule has 0 fully saturated rings. The van der Waals surface area contributed by atoms with Gasteiger partial charge in [-0.25, -0.2) is 4.79 Å². The fraction of sp³-hybridized carbons (Fsp3) is 0.227. The van der Waals surface area contributed by atoms with Crippen LogP contribution >= 0.6 is 0 Å². The molecular weight excluding hydrogens is 358 g/mol. The van der Waals surface area contributed by atoms with Gasteiger partial charge in [-0.05, 0) is 31.2 Å². The van der Waals surface area contributed by atoms with E-state index in [1.807, 2.05) is 18.2 Å². The molecule has 0 aliphatic rings. The Balaban J connectivity index is 1.68. The fourth-order valence-corrected chi connectivity index (χ4v) is 2.33. The van der Waals surface area contributed by atoms with Crippen LogP contribution in [0.4, 0.5) is 0 Å². The van der Waals surface area contributed by atoms with Crippen molar-refractivity contribution in [3.63, 3.8) is 0 Å². The molecule has 2 aromatic carbocycles. The number of ketones is 1. The van der Waals surface area contributed by atoms with E-state index in [4.69, 9.17) is 9.47 Å². The first-order valence-electron chi connectivity index (χ1n) is 8.99. The summed E-state index contributed by atoms with van der Waals surface area (Å²) in [6.45, 7) is 2.29. The van der Waals surface area contributed by atoms with E-state index in [0.29, 0.717) is 16.9 Å². The Hall–Kier alpha value is -3.41. The molecule has 0 aromatic heterocycles. The van der Waals surface area contributed by atoms with Gasteiger partial charge >= 0.3 is 5.97 Å². The van der Waals surface area contributed by atoms with E-state index in [9.17, 15) is 14.4 Å². The normalized spacial score (nSPS) is 10.5. The van der Waals surface area contributed by atoms with E-state index in [1.165, 1.54) is 6.08 Å². The second-order valence-corrected chi connectivity index (χ2v) is 5.84. The summed E-state index contributed by atoms with van der Waals surface area (Å²) in [6.07, 6.45) is 3.07. The Morgan fingerprint density at radius 1 is 0.929 bits per heavy atom. The Morgan fingerprint density at radius 2 is 1.61 bits per heavy atom. The van der Waals surface area contributed by atoms with Gasteiger partial charge in [-0.3, -0.25) is 9.59 Å². The molecule has 1 amide bonds. The molecule has 1 N–H and O–H groups in total. The summed E-state index contributed by atoms with van der Waals surface area (Å²) in [4.78, 5) is 35.2. The number of amides is 1. The lowest BCUT2D eigenvalue weighted by Crippen LogP contribution is -2.28. The van der Waals surface area contributed by atoms with Gasteiger partial charge in [-0.15, -0.1) is 0 Å². The highest BCUT2D eigenvalue weighted by atomic mass is 16.5. The second kappa shape index (κ2) is 11.3. The average molecular weight is 381 g/mol. The van der Waals surface area contributed by atoms with Crippen LogP contribution in [0.15, 0.2) is 66.7 Å². The summed E-state index contributed by atoms with van der Waals surface area (Å²) >= 11 is 0. The van der Waals surface area contributed by atoms with E-state index in [1.54, 1.807) is 49.4 Å². The molecule has 0 heterocycles. The number of benzene rings is 2. The molecule has 28 heavy (non-hydrogen) atoms. The van der Waals surface area contributed by atoms with Crippen LogP contribution in [0.25, 0.3) is 0 Å². The zero-order valence-electron chi connectivity index (χ0n) is 15.7. The van der Waals surface area contributed by atoms with E-state index in [0.717, 1.165) is 0 Å². The minimum atomic E-state index is -0.436. The molecule has 6 nitrogen and oxygen atoms in total. The van der Waals surface area contributed by atoms with Crippen molar-refractivity contribution in [2.75, 3.05) is 19.8 Å². The maximum absolute atomic E-state index is 12.3. The van der Waals surface area contributed by atoms with Crippen LogP contribution in [0.1, 0.15) is 29.3 Å². The topological polar surface area (TPSA) is 81.7 Å². The largest absolute Gasteiger partial charge is 0.493 e. The third-order valence-corrected chi connectivity index (χ3v) is 3.72. The number of carbonyl (C=O) groups excluding carboxylic acids is 3. The number of carbonyl (C=O) groups is 3. The van der Waals surface area contributed by atoms with Crippen LogP contribution in [0.2, 0.25) is 0 Å². The van der Waals surface area contributed by atoms with Gasteiger partial charge < -0.3 is 14.8 Å². The molecule has 0 saturated carbocycles. The third kappa shape index (κ3) is 7.07. The number of hydrogen-bond acceptors (Lipinski definition) is 5. The molecule has 0 bridgehead atoms. The first-order valence-corrected chi connectivity index (χ1v) is 8.99. The third-order valence-electron chi connectivity index (χ3n) is 3.72. The maximum atomic E-state index is 12.3. The van der Waals surface area contributed by atoms with E-state index >= 15 is 0 Å². The number of nitrogens with one attached hydrogen (secondary N) is 1. The highest BCUT2D eigenvalue weighted by Gasteiger charge is 2.08. The summed E-state index contributed by atoms with van der Waals surface area (Å²) in [5, 5.41) is 2.64. The Kier molecular flexibility index (Phi) is 8.46. The van der Waals surface area contributed by atoms with Gasteiger partial charge in [0.2, 0.25) is 5.91 Å². The van der Waals surface area contributed by atoms with Crippen molar-refractivity contribution in [3.8, 4) is 5.75 Å². The summed E-state index contributed by atoms with van der Waals surface area (Å²) in [6, 6.07) is 15.8. The van der Waals surface area contributed by atoms with E-state index in [2.05, 4.69) is 5.32 Å². The minimum absolute atomic E-state index is 0.0540. The summed E-state index contributed by atoms with van der Waals surface area (Å²) in [5.41, 5.74) is 1.20. The molecule has 0 saturated heterocycles. The Bertz CT molecular complexity index is 813. The van der Waals surface area contributed by atoms with Crippen molar-refractivity contribution in [2.45, 2.75) is 13.3 Å². The number of rotatable bonds is 10. The zero-order chi connectivity index (χ0) is 20.2. The molecule has 0 radical (unpaired) electrons. The van der Waals surface area contributed by atoms with Crippen molar-refractivity contribution < 1.29 is 23.9 Å². The lowest BCUT2D eigenvalue weighted by atomic mass is 10.0. The number of hydrogen-bond donors (Lipinski definition) is 1. The van der Waals surface area contributed by atoms with Gasteiger partial charge in [0, 0.05) is 17.2 Å². The van der Waals surface area contributed by atoms with Crippen molar-refractivity contribution in [2.24, 2.45) is 0 Å². The summed E-state index contributed by atoms with van der Waals surface area (Å²) < 4.78 is 10.4. The van der Waals surface area contributed by atoms with Gasteiger partial charge in [0.25, 0.3) is 0 Å². The molecule has 0 unspecified atom stereocenters. The predicted octanol–water partition coefficient (Wildman–Crippen LogP) is 2.92. The highest BCUT2D eigenvalue weighted by molar-refractivity contribution is 6.08. The van der Waals surface area contributed by atoms with Crippen molar-refractivity contribution in [3.05, 3.63) is 77.9 Å². The highest BCUT2D eigenvalue weighted by Crippen LogP contribution is 2.15. The SMILES string of the molecule is CC=CC(=O)OCCNC(=O)CCOc1ccc(C(=O)c2ccccc2)cc1. The van der Waals surface area contributed by atoms with Crippen LogP contribution in [0, 0.1) is 0 Å². The smallest absolute Gasteiger partial charge is 0.330 e. The fourth-order valence-electron chi connectivity index (χ4n) is 2.33. The van der Waals surface area contributed by atoms with Gasteiger partial charge in [0.05, 0.1) is 19.6 Å². The monoisotopic (exact) mass is 381 g/mol. The van der Waals surface area contributed by atoms with Gasteiger partial charge in [-0.1, -0.05) is 36.4 Å². The molecule has 146 valence electrons. The molecule has 0 aliphatic carbocycles. The van der Waals surface area contributed by atoms with Crippen molar-refractivity contribution in [1.29, 1.82) is 0 Å². The van der Waals surface area contributed by atoms with Crippen molar-refractivity contribution >= 4 is 17.7 Å². The van der Waals surface area contributed by atoms with Gasteiger partial charge in [0.1, 0.15) is 12.4 Å². The minimum Gasteiger partial charge on any atom is -0.493 e. The van der Waals surface area contributed by atoms with E-state index < -0.39 is 5.97 Å². The number of esters is 1. The number of ether oxygens (including phenoxy) is 2. The lowest BCUT2D eigenvalue weighted by Gasteiger charge is -2.08. The lowest BCUT2D eigenvalue weighted by molar-refractivity contribution is -0.138. The molecule has 0 atom stereocenters. The molecule has 0 spiro atoms. The zero-order valence-corrected chi connectivity index (χ0v) is 15.7. The maximum Gasteiger partial charge on any atom is 0.330 e.